The second-order valence-corrected chi connectivity index (χ2v) is 6.84. The molecule has 1 aromatic carbocycles. The molecular formula is C20H24O4. The van der Waals surface area contributed by atoms with Crippen molar-refractivity contribution in [1.82, 2.24) is 0 Å². The standard InChI is InChI=1S/C20H24O4/c1-2-3-12-24-14-10-8-13(9-11-14)17-18(21)15-6-4-5-7-16(15)19(22)20(17)23/h4-7,13-14,17H,2-3,8-12H2,1H3. The normalized spacial score (nSPS) is 27.2. The number of fused-ring (bicyclic) bond motifs is 1. The molecule has 128 valence electrons. The maximum atomic E-state index is 12.8. The Morgan fingerprint density at radius 1 is 0.958 bits per heavy atom. The van der Waals surface area contributed by atoms with Crippen LogP contribution in [0.1, 0.15) is 66.2 Å². The lowest BCUT2D eigenvalue weighted by atomic mass is 9.69. The zero-order valence-electron chi connectivity index (χ0n) is 14.1. The molecule has 2 aliphatic rings. The maximum Gasteiger partial charge on any atom is 0.230 e. The average molecular weight is 328 g/mol. The number of carbonyl (C=O) groups is 3. The van der Waals surface area contributed by atoms with Crippen LogP contribution in [0.15, 0.2) is 24.3 Å². The summed E-state index contributed by atoms with van der Waals surface area (Å²) in [6.45, 7) is 2.91. The number of Topliss-reactive ketones (excluding diaryl/α,β-unsaturated/α-hetero) is 3. The van der Waals surface area contributed by atoms with Crippen LogP contribution in [0.3, 0.4) is 0 Å². The molecule has 0 spiro atoms. The van der Waals surface area contributed by atoms with Crippen LogP contribution in [-0.4, -0.2) is 30.1 Å². The van der Waals surface area contributed by atoms with Crippen molar-refractivity contribution >= 4 is 17.3 Å². The fourth-order valence-electron chi connectivity index (χ4n) is 3.87. The van der Waals surface area contributed by atoms with Crippen LogP contribution in [0.5, 0.6) is 0 Å². The summed E-state index contributed by atoms with van der Waals surface area (Å²) >= 11 is 0. The van der Waals surface area contributed by atoms with Crippen LogP contribution in [0.25, 0.3) is 0 Å². The van der Waals surface area contributed by atoms with E-state index in [4.69, 9.17) is 4.74 Å². The lowest BCUT2D eigenvalue weighted by molar-refractivity contribution is -0.119. The largest absolute Gasteiger partial charge is 0.378 e. The van der Waals surface area contributed by atoms with Gasteiger partial charge in [0.05, 0.1) is 12.0 Å². The zero-order valence-corrected chi connectivity index (χ0v) is 14.1. The number of hydrogen-bond donors (Lipinski definition) is 0. The topological polar surface area (TPSA) is 60.4 Å². The van der Waals surface area contributed by atoms with Crippen LogP contribution >= 0.6 is 0 Å². The molecule has 3 rings (SSSR count). The van der Waals surface area contributed by atoms with E-state index in [0.717, 1.165) is 45.1 Å². The van der Waals surface area contributed by atoms with Crippen molar-refractivity contribution < 1.29 is 19.1 Å². The van der Waals surface area contributed by atoms with Crippen molar-refractivity contribution in [2.45, 2.75) is 51.6 Å². The third kappa shape index (κ3) is 3.20. The summed E-state index contributed by atoms with van der Waals surface area (Å²) < 4.78 is 5.85. The monoisotopic (exact) mass is 328 g/mol. The van der Waals surface area contributed by atoms with Crippen molar-refractivity contribution in [2.24, 2.45) is 11.8 Å². The van der Waals surface area contributed by atoms with E-state index in [1.807, 2.05) is 0 Å². The second kappa shape index (κ2) is 7.39. The van der Waals surface area contributed by atoms with E-state index in [-0.39, 0.29) is 23.4 Å². The van der Waals surface area contributed by atoms with Gasteiger partial charge in [0.25, 0.3) is 0 Å². The van der Waals surface area contributed by atoms with Gasteiger partial charge in [-0.05, 0) is 38.0 Å². The number of unbranched alkanes of at least 4 members (excludes halogenated alkanes) is 1. The van der Waals surface area contributed by atoms with Gasteiger partial charge in [-0.2, -0.15) is 0 Å². The molecule has 1 atom stereocenters. The molecule has 0 saturated heterocycles. The minimum absolute atomic E-state index is 0.0340. The van der Waals surface area contributed by atoms with E-state index in [1.54, 1.807) is 24.3 Å². The van der Waals surface area contributed by atoms with Gasteiger partial charge in [-0.15, -0.1) is 0 Å². The second-order valence-electron chi connectivity index (χ2n) is 6.84. The summed E-state index contributed by atoms with van der Waals surface area (Å²) in [5, 5.41) is 0. The zero-order chi connectivity index (χ0) is 17.1. The summed E-state index contributed by atoms with van der Waals surface area (Å²) in [6.07, 6.45) is 5.67. The maximum absolute atomic E-state index is 12.8. The number of rotatable bonds is 5. The average Bonchev–Trinajstić information content (AvgIpc) is 2.61. The molecule has 1 unspecified atom stereocenters. The Morgan fingerprint density at radius 2 is 1.62 bits per heavy atom. The Bertz CT molecular complexity index is 641. The Kier molecular flexibility index (Phi) is 5.24. The van der Waals surface area contributed by atoms with Gasteiger partial charge in [0.2, 0.25) is 11.6 Å². The molecular weight excluding hydrogens is 304 g/mol. The Morgan fingerprint density at radius 3 is 2.29 bits per heavy atom. The van der Waals surface area contributed by atoms with E-state index in [1.165, 1.54) is 0 Å². The lowest BCUT2D eigenvalue weighted by Crippen LogP contribution is -2.42. The number of hydrogen-bond acceptors (Lipinski definition) is 4. The van der Waals surface area contributed by atoms with Crippen molar-refractivity contribution in [3.63, 3.8) is 0 Å². The Labute approximate surface area is 142 Å². The van der Waals surface area contributed by atoms with Crippen LogP contribution in [0, 0.1) is 11.8 Å². The minimum atomic E-state index is -0.788. The van der Waals surface area contributed by atoms with E-state index in [9.17, 15) is 14.4 Å². The number of benzene rings is 1. The van der Waals surface area contributed by atoms with Crippen molar-refractivity contribution in [2.75, 3.05) is 6.61 Å². The van der Waals surface area contributed by atoms with Crippen LogP contribution in [-0.2, 0) is 9.53 Å². The fourth-order valence-corrected chi connectivity index (χ4v) is 3.87. The molecule has 4 nitrogen and oxygen atoms in total. The third-order valence-corrected chi connectivity index (χ3v) is 5.27. The molecule has 0 N–H and O–H groups in total. The number of carbonyl (C=O) groups excluding carboxylic acids is 3. The van der Waals surface area contributed by atoms with Crippen LogP contribution in [0.2, 0.25) is 0 Å². The van der Waals surface area contributed by atoms with Gasteiger partial charge in [-0.3, -0.25) is 14.4 Å². The smallest absolute Gasteiger partial charge is 0.230 e. The summed E-state index contributed by atoms with van der Waals surface area (Å²) in [5.41, 5.74) is 0.675. The number of ketones is 3. The van der Waals surface area contributed by atoms with Crippen LogP contribution in [0.4, 0.5) is 0 Å². The van der Waals surface area contributed by atoms with Gasteiger partial charge in [0.1, 0.15) is 0 Å². The lowest BCUT2D eigenvalue weighted by Gasteiger charge is -2.34. The molecule has 0 aliphatic heterocycles. The molecule has 0 amide bonds. The van der Waals surface area contributed by atoms with Crippen molar-refractivity contribution in [3.05, 3.63) is 35.4 Å². The van der Waals surface area contributed by atoms with Gasteiger partial charge in [-0.1, -0.05) is 37.6 Å². The molecule has 0 heterocycles. The van der Waals surface area contributed by atoms with E-state index in [2.05, 4.69) is 6.92 Å². The molecule has 0 radical (unpaired) electrons. The SMILES string of the molecule is CCCCOC1CCC(C2C(=O)C(=O)c3ccccc3C2=O)CC1. The first-order valence-corrected chi connectivity index (χ1v) is 8.96. The molecule has 0 aromatic heterocycles. The molecule has 2 aliphatic carbocycles. The third-order valence-electron chi connectivity index (χ3n) is 5.27. The van der Waals surface area contributed by atoms with E-state index in [0.29, 0.717) is 5.56 Å². The fraction of sp³-hybridized carbons (Fsp3) is 0.550. The molecule has 1 saturated carbocycles. The van der Waals surface area contributed by atoms with Crippen molar-refractivity contribution in [1.29, 1.82) is 0 Å². The summed E-state index contributed by atoms with van der Waals surface area (Å²) in [5.74, 6) is -2.02. The Hall–Kier alpha value is -1.81. The molecule has 0 bridgehead atoms. The summed E-state index contributed by atoms with van der Waals surface area (Å²) in [6, 6.07) is 6.67. The van der Waals surface area contributed by atoms with Gasteiger partial charge >= 0.3 is 0 Å². The first-order valence-electron chi connectivity index (χ1n) is 8.96. The van der Waals surface area contributed by atoms with Gasteiger partial charge < -0.3 is 4.74 Å². The first-order chi connectivity index (χ1) is 11.6. The highest BCUT2D eigenvalue weighted by Crippen LogP contribution is 2.37. The predicted molar refractivity (Wildman–Crippen MR) is 90.2 cm³/mol. The van der Waals surface area contributed by atoms with Gasteiger partial charge in [0, 0.05) is 17.7 Å². The molecule has 1 aromatic rings. The summed E-state index contributed by atoms with van der Waals surface area (Å²) in [4.78, 5) is 37.6. The summed E-state index contributed by atoms with van der Waals surface area (Å²) in [7, 11) is 0. The highest BCUT2D eigenvalue weighted by molar-refractivity contribution is 6.51. The van der Waals surface area contributed by atoms with Gasteiger partial charge in [0.15, 0.2) is 5.78 Å². The Balaban J connectivity index is 1.69. The van der Waals surface area contributed by atoms with E-state index < -0.39 is 17.5 Å². The molecule has 1 fully saturated rings. The van der Waals surface area contributed by atoms with Crippen LogP contribution < -0.4 is 0 Å². The van der Waals surface area contributed by atoms with E-state index >= 15 is 0 Å². The first kappa shape index (κ1) is 17.0. The van der Waals surface area contributed by atoms with Crippen molar-refractivity contribution in [3.8, 4) is 0 Å². The van der Waals surface area contributed by atoms with Gasteiger partial charge in [-0.25, -0.2) is 0 Å². The minimum Gasteiger partial charge on any atom is -0.378 e. The number of ether oxygens (including phenoxy) is 1. The quantitative estimate of drug-likeness (QED) is 0.470. The predicted octanol–water partition coefficient (Wildman–Crippen LogP) is 3.63. The molecule has 4 heteroatoms. The highest BCUT2D eigenvalue weighted by atomic mass is 16.5. The molecule has 24 heavy (non-hydrogen) atoms. The highest BCUT2D eigenvalue weighted by Gasteiger charge is 2.45.